The SMILES string of the molecule is Cc1ccccc1C(=O)CN1CCC(C)(O)CC1. The van der Waals surface area contributed by atoms with Crippen LogP contribution in [0.4, 0.5) is 0 Å². The summed E-state index contributed by atoms with van der Waals surface area (Å²) in [5.74, 6) is 0.176. The first-order chi connectivity index (χ1) is 8.48. The number of carbonyl (C=O) groups is 1. The van der Waals surface area contributed by atoms with E-state index in [-0.39, 0.29) is 5.78 Å². The summed E-state index contributed by atoms with van der Waals surface area (Å²) in [5.41, 5.74) is 1.30. The van der Waals surface area contributed by atoms with Gasteiger partial charge in [0, 0.05) is 18.7 Å². The van der Waals surface area contributed by atoms with Gasteiger partial charge in [0.15, 0.2) is 5.78 Å². The molecule has 0 unspecified atom stereocenters. The molecule has 0 saturated carbocycles. The van der Waals surface area contributed by atoms with Crippen LogP contribution in [0.1, 0.15) is 35.7 Å². The molecule has 0 radical (unpaired) electrons. The molecule has 1 heterocycles. The first-order valence-corrected chi connectivity index (χ1v) is 6.51. The van der Waals surface area contributed by atoms with E-state index in [2.05, 4.69) is 4.90 Å². The Labute approximate surface area is 108 Å². The summed E-state index contributed by atoms with van der Waals surface area (Å²) in [5, 5.41) is 9.88. The van der Waals surface area contributed by atoms with Crippen molar-refractivity contribution >= 4 is 5.78 Å². The third-order valence-corrected chi connectivity index (χ3v) is 3.75. The van der Waals surface area contributed by atoms with Crippen LogP contribution in [0.3, 0.4) is 0 Å². The Morgan fingerprint density at radius 2 is 1.94 bits per heavy atom. The molecule has 3 heteroatoms. The zero-order valence-electron chi connectivity index (χ0n) is 11.1. The zero-order chi connectivity index (χ0) is 13.2. The Morgan fingerprint density at radius 3 is 2.56 bits per heavy atom. The molecule has 1 aliphatic rings. The highest BCUT2D eigenvalue weighted by atomic mass is 16.3. The van der Waals surface area contributed by atoms with Crippen LogP contribution in [0.5, 0.6) is 0 Å². The molecule has 0 bridgehead atoms. The number of nitrogens with zero attached hydrogens (tertiary/aromatic N) is 1. The molecule has 1 aliphatic heterocycles. The fourth-order valence-corrected chi connectivity index (χ4v) is 2.37. The van der Waals surface area contributed by atoms with Gasteiger partial charge in [-0.2, -0.15) is 0 Å². The van der Waals surface area contributed by atoms with Gasteiger partial charge < -0.3 is 5.11 Å². The summed E-state index contributed by atoms with van der Waals surface area (Å²) in [7, 11) is 0. The first-order valence-electron chi connectivity index (χ1n) is 6.51. The lowest BCUT2D eigenvalue weighted by molar-refractivity contribution is -0.00420. The lowest BCUT2D eigenvalue weighted by Gasteiger charge is -2.35. The van der Waals surface area contributed by atoms with E-state index in [0.717, 1.165) is 37.1 Å². The van der Waals surface area contributed by atoms with Gasteiger partial charge in [0.25, 0.3) is 0 Å². The van der Waals surface area contributed by atoms with E-state index < -0.39 is 5.60 Å². The number of ketones is 1. The van der Waals surface area contributed by atoms with Gasteiger partial charge in [-0.3, -0.25) is 9.69 Å². The predicted molar refractivity (Wildman–Crippen MR) is 71.8 cm³/mol. The Kier molecular flexibility index (Phi) is 3.83. The highest BCUT2D eigenvalue weighted by Crippen LogP contribution is 2.21. The minimum absolute atomic E-state index is 0.176. The average molecular weight is 247 g/mol. The summed E-state index contributed by atoms with van der Waals surface area (Å²) < 4.78 is 0. The molecule has 18 heavy (non-hydrogen) atoms. The Morgan fingerprint density at radius 1 is 1.33 bits per heavy atom. The van der Waals surface area contributed by atoms with Crippen LogP contribution >= 0.6 is 0 Å². The second-order valence-electron chi connectivity index (χ2n) is 5.51. The molecule has 1 aromatic carbocycles. The standard InChI is InChI=1S/C15H21NO2/c1-12-5-3-4-6-13(12)14(17)11-16-9-7-15(2,18)8-10-16/h3-6,18H,7-11H2,1-2H3. The third-order valence-electron chi connectivity index (χ3n) is 3.75. The van der Waals surface area contributed by atoms with Crippen molar-refractivity contribution in [3.8, 4) is 0 Å². The largest absolute Gasteiger partial charge is 0.390 e. The fraction of sp³-hybridized carbons (Fsp3) is 0.533. The lowest BCUT2D eigenvalue weighted by atomic mass is 9.93. The molecule has 3 nitrogen and oxygen atoms in total. The predicted octanol–water partition coefficient (Wildman–Crippen LogP) is 2.02. The summed E-state index contributed by atoms with van der Waals surface area (Å²) in [6.45, 7) is 5.89. The van der Waals surface area contributed by atoms with Gasteiger partial charge in [-0.25, -0.2) is 0 Å². The van der Waals surface area contributed by atoms with Crippen LogP contribution in [0.2, 0.25) is 0 Å². The maximum atomic E-state index is 12.2. The maximum Gasteiger partial charge on any atom is 0.177 e. The van der Waals surface area contributed by atoms with Gasteiger partial charge >= 0.3 is 0 Å². The van der Waals surface area contributed by atoms with E-state index in [1.54, 1.807) is 0 Å². The van der Waals surface area contributed by atoms with Crippen molar-refractivity contribution in [2.75, 3.05) is 19.6 Å². The number of aliphatic hydroxyl groups is 1. The number of carbonyl (C=O) groups excluding carboxylic acids is 1. The van der Waals surface area contributed by atoms with Gasteiger partial charge in [0.2, 0.25) is 0 Å². The lowest BCUT2D eigenvalue weighted by Crippen LogP contribution is -2.44. The molecule has 0 spiro atoms. The van der Waals surface area contributed by atoms with E-state index in [1.807, 2.05) is 38.1 Å². The van der Waals surface area contributed by atoms with Gasteiger partial charge in [-0.1, -0.05) is 24.3 Å². The third kappa shape index (κ3) is 3.18. The van der Waals surface area contributed by atoms with Crippen molar-refractivity contribution < 1.29 is 9.90 Å². The first kappa shape index (κ1) is 13.2. The molecule has 0 atom stereocenters. The van der Waals surface area contributed by atoms with Crippen LogP contribution in [-0.4, -0.2) is 41.0 Å². The van der Waals surface area contributed by atoms with E-state index in [4.69, 9.17) is 0 Å². The molecule has 0 amide bonds. The van der Waals surface area contributed by atoms with Crippen LogP contribution in [0, 0.1) is 6.92 Å². The zero-order valence-corrected chi connectivity index (χ0v) is 11.1. The quantitative estimate of drug-likeness (QED) is 0.831. The van der Waals surface area contributed by atoms with Crippen molar-refractivity contribution in [1.82, 2.24) is 4.90 Å². The van der Waals surface area contributed by atoms with Crippen molar-refractivity contribution in [3.63, 3.8) is 0 Å². The summed E-state index contributed by atoms with van der Waals surface area (Å²) >= 11 is 0. The molecule has 98 valence electrons. The van der Waals surface area contributed by atoms with Gasteiger partial charge in [-0.15, -0.1) is 0 Å². The van der Waals surface area contributed by atoms with Crippen LogP contribution in [-0.2, 0) is 0 Å². The second-order valence-corrected chi connectivity index (χ2v) is 5.51. The highest BCUT2D eigenvalue weighted by molar-refractivity contribution is 5.98. The van der Waals surface area contributed by atoms with E-state index in [0.29, 0.717) is 6.54 Å². The Balaban J connectivity index is 1.95. The summed E-state index contributed by atoms with van der Waals surface area (Å²) in [6.07, 6.45) is 1.49. The molecule has 1 aromatic rings. The number of Topliss-reactive ketones (excluding diaryl/α,β-unsaturated/α-hetero) is 1. The molecule has 2 rings (SSSR count). The second kappa shape index (κ2) is 5.21. The van der Waals surface area contributed by atoms with E-state index >= 15 is 0 Å². The average Bonchev–Trinajstić information content (AvgIpc) is 2.32. The van der Waals surface area contributed by atoms with Crippen molar-refractivity contribution in [1.29, 1.82) is 0 Å². The molecule has 0 aliphatic carbocycles. The molecule has 1 fully saturated rings. The minimum Gasteiger partial charge on any atom is -0.390 e. The topological polar surface area (TPSA) is 40.5 Å². The van der Waals surface area contributed by atoms with E-state index in [9.17, 15) is 9.90 Å². The monoisotopic (exact) mass is 247 g/mol. The van der Waals surface area contributed by atoms with E-state index in [1.165, 1.54) is 0 Å². The Hall–Kier alpha value is -1.19. The molecular weight excluding hydrogens is 226 g/mol. The number of rotatable bonds is 3. The van der Waals surface area contributed by atoms with Crippen molar-refractivity contribution in [2.24, 2.45) is 0 Å². The molecule has 1 saturated heterocycles. The van der Waals surface area contributed by atoms with Crippen LogP contribution in [0.25, 0.3) is 0 Å². The smallest absolute Gasteiger partial charge is 0.177 e. The highest BCUT2D eigenvalue weighted by Gasteiger charge is 2.28. The summed E-state index contributed by atoms with van der Waals surface area (Å²) in [6, 6.07) is 7.71. The number of aryl methyl sites for hydroxylation is 1. The van der Waals surface area contributed by atoms with Gasteiger partial charge in [-0.05, 0) is 32.3 Å². The number of hydrogen-bond acceptors (Lipinski definition) is 3. The number of likely N-dealkylation sites (tertiary alicyclic amines) is 1. The van der Waals surface area contributed by atoms with Crippen molar-refractivity contribution in [3.05, 3.63) is 35.4 Å². The summed E-state index contributed by atoms with van der Waals surface area (Å²) in [4.78, 5) is 14.3. The Bertz CT molecular complexity index is 430. The number of benzene rings is 1. The molecular formula is C15H21NO2. The fourth-order valence-electron chi connectivity index (χ4n) is 2.37. The van der Waals surface area contributed by atoms with Crippen LogP contribution in [0.15, 0.2) is 24.3 Å². The molecule has 0 aromatic heterocycles. The number of piperidine rings is 1. The minimum atomic E-state index is -0.553. The normalized spacial score (nSPS) is 19.7. The number of hydrogen-bond donors (Lipinski definition) is 1. The van der Waals surface area contributed by atoms with Gasteiger partial charge in [0.1, 0.15) is 0 Å². The van der Waals surface area contributed by atoms with Crippen molar-refractivity contribution in [2.45, 2.75) is 32.3 Å². The maximum absolute atomic E-state index is 12.2. The van der Waals surface area contributed by atoms with Gasteiger partial charge in [0.05, 0.1) is 12.1 Å². The van der Waals surface area contributed by atoms with Crippen LogP contribution < -0.4 is 0 Å². The molecule has 1 N–H and O–H groups in total.